The Kier molecular flexibility index (Phi) is 5.13. The molecular weight excluding hydrogens is 334 g/mol. The lowest BCUT2D eigenvalue weighted by Crippen LogP contribution is -2.60. The third-order valence-electron chi connectivity index (χ3n) is 3.76. The van der Waals surface area contributed by atoms with Crippen LogP contribution in [0.25, 0.3) is 0 Å². The fraction of sp³-hybridized carbons (Fsp3) is 0.467. The molecule has 2 rings (SSSR count). The van der Waals surface area contributed by atoms with Gasteiger partial charge in [0.1, 0.15) is 0 Å². The molecule has 1 fully saturated rings. The number of nitrogens with one attached hydrogen (secondary N) is 1. The van der Waals surface area contributed by atoms with Crippen LogP contribution in [-0.2, 0) is 9.59 Å². The maximum absolute atomic E-state index is 12.1. The van der Waals surface area contributed by atoms with Gasteiger partial charge in [0.2, 0.25) is 11.8 Å². The highest BCUT2D eigenvalue weighted by atomic mass is 79.9. The Hall–Kier alpha value is -1.24. The second-order valence-corrected chi connectivity index (χ2v) is 6.19. The van der Waals surface area contributed by atoms with Gasteiger partial charge in [-0.25, -0.2) is 0 Å². The summed E-state index contributed by atoms with van der Waals surface area (Å²) in [6, 6.07) is 7.03. The summed E-state index contributed by atoms with van der Waals surface area (Å²) < 4.78 is 0.931. The highest BCUT2D eigenvalue weighted by Crippen LogP contribution is 2.32. The van der Waals surface area contributed by atoms with Crippen LogP contribution in [-0.4, -0.2) is 35.3 Å². The number of rotatable bonds is 4. The van der Waals surface area contributed by atoms with E-state index in [1.807, 2.05) is 43.0 Å². The average Bonchev–Trinajstić information content (AvgIpc) is 2.40. The number of imide groups is 1. The molecule has 21 heavy (non-hydrogen) atoms. The van der Waals surface area contributed by atoms with Gasteiger partial charge in [0.05, 0.1) is 18.6 Å². The molecule has 0 aliphatic carbocycles. The van der Waals surface area contributed by atoms with Crippen molar-refractivity contribution in [2.75, 3.05) is 6.54 Å². The summed E-state index contributed by atoms with van der Waals surface area (Å²) >= 11 is 3.54. The number of nitrogens with zero attached hydrogens (tertiary/aromatic N) is 1. The fourth-order valence-corrected chi connectivity index (χ4v) is 3.40. The molecule has 2 amide bonds. The van der Waals surface area contributed by atoms with Crippen LogP contribution < -0.4 is 11.1 Å². The van der Waals surface area contributed by atoms with Gasteiger partial charge in [-0.3, -0.25) is 19.8 Å². The van der Waals surface area contributed by atoms with Crippen molar-refractivity contribution in [3.8, 4) is 0 Å². The van der Waals surface area contributed by atoms with Gasteiger partial charge < -0.3 is 5.73 Å². The minimum atomic E-state index is -0.342. The minimum absolute atomic E-state index is 0.178. The van der Waals surface area contributed by atoms with Crippen molar-refractivity contribution < 1.29 is 9.59 Å². The predicted molar refractivity (Wildman–Crippen MR) is 84.5 cm³/mol. The first kappa shape index (κ1) is 16.1. The first-order chi connectivity index (χ1) is 9.95. The van der Waals surface area contributed by atoms with E-state index in [-0.39, 0.29) is 36.5 Å². The topological polar surface area (TPSA) is 75.4 Å². The zero-order chi connectivity index (χ0) is 15.6. The summed E-state index contributed by atoms with van der Waals surface area (Å²) in [5.41, 5.74) is 7.16. The molecular formula is C15H20BrN3O2. The maximum Gasteiger partial charge on any atom is 0.243 e. The minimum Gasteiger partial charge on any atom is -0.326 e. The molecule has 114 valence electrons. The molecule has 3 N–H and O–H groups in total. The zero-order valence-electron chi connectivity index (χ0n) is 12.2. The quantitative estimate of drug-likeness (QED) is 0.805. The average molecular weight is 354 g/mol. The van der Waals surface area contributed by atoms with Gasteiger partial charge in [0, 0.05) is 10.5 Å². The molecule has 1 saturated heterocycles. The Morgan fingerprint density at radius 1 is 1.43 bits per heavy atom. The molecule has 3 atom stereocenters. The summed E-state index contributed by atoms with van der Waals surface area (Å²) in [6.45, 7) is 4.01. The third-order valence-corrected chi connectivity index (χ3v) is 4.48. The Morgan fingerprint density at radius 3 is 2.67 bits per heavy atom. The lowest BCUT2D eigenvalue weighted by Gasteiger charge is -2.41. The Bertz CT molecular complexity index is 547. The van der Waals surface area contributed by atoms with Crippen LogP contribution >= 0.6 is 15.9 Å². The van der Waals surface area contributed by atoms with Crippen LogP contribution in [0.4, 0.5) is 0 Å². The van der Waals surface area contributed by atoms with E-state index in [1.54, 1.807) is 0 Å². The lowest BCUT2D eigenvalue weighted by atomic mass is 9.95. The molecule has 3 unspecified atom stereocenters. The molecule has 5 nitrogen and oxygen atoms in total. The van der Waals surface area contributed by atoms with Gasteiger partial charge >= 0.3 is 0 Å². The van der Waals surface area contributed by atoms with Crippen molar-refractivity contribution >= 4 is 27.7 Å². The van der Waals surface area contributed by atoms with Crippen molar-refractivity contribution in [1.29, 1.82) is 0 Å². The van der Waals surface area contributed by atoms with E-state index in [9.17, 15) is 9.59 Å². The first-order valence-electron chi connectivity index (χ1n) is 7.05. The molecule has 0 aromatic heterocycles. The smallest absolute Gasteiger partial charge is 0.243 e. The van der Waals surface area contributed by atoms with E-state index in [1.165, 1.54) is 0 Å². The third kappa shape index (κ3) is 3.33. The van der Waals surface area contributed by atoms with E-state index < -0.39 is 0 Å². The number of amides is 2. The van der Waals surface area contributed by atoms with Crippen LogP contribution in [0.5, 0.6) is 0 Å². The van der Waals surface area contributed by atoms with Crippen LogP contribution in [0.15, 0.2) is 28.7 Å². The fourth-order valence-electron chi connectivity index (χ4n) is 2.88. The van der Waals surface area contributed by atoms with Gasteiger partial charge in [0.15, 0.2) is 0 Å². The lowest BCUT2D eigenvalue weighted by molar-refractivity contribution is -0.142. The number of halogens is 1. The molecule has 1 aromatic rings. The van der Waals surface area contributed by atoms with Gasteiger partial charge in [0.25, 0.3) is 0 Å². The summed E-state index contributed by atoms with van der Waals surface area (Å²) in [5, 5.41) is 2.40. The number of piperazine rings is 1. The van der Waals surface area contributed by atoms with E-state index in [2.05, 4.69) is 21.2 Å². The maximum atomic E-state index is 12.1. The standard InChI is InChI=1S/C15H20BrN3O2/c1-3-12-15(21)18-13(20)8-19(12)14(9(2)17)10-6-4-5-7-11(10)16/h4-7,9,12,14H,3,8,17H2,1-2H3,(H,18,20,21). The van der Waals surface area contributed by atoms with Crippen LogP contribution in [0.2, 0.25) is 0 Å². The molecule has 6 heteroatoms. The van der Waals surface area contributed by atoms with E-state index in [0.29, 0.717) is 6.42 Å². The number of benzene rings is 1. The van der Waals surface area contributed by atoms with Gasteiger partial charge in [-0.05, 0) is 25.0 Å². The zero-order valence-corrected chi connectivity index (χ0v) is 13.8. The Labute approximate surface area is 133 Å². The van der Waals surface area contributed by atoms with Crippen molar-refractivity contribution in [2.24, 2.45) is 5.73 Å². The van der Waals surface area contributed by atoms with Crippen molar-refractivity contribution in [3.63, 3.8) is 0 Å². The summed E-state index contributed by atoms with van der Waals surface area (Å²) in [5.74, 6) is -0.520. The highest BCUT2D eigenvalue weighted by Gasteiger charge is 2.39. The molecule has 0 spiro atoms. The van der Waals surface area contributed by atoms with Crippen LogP contribution in [0, 0.1) is 0 Å². The number of hydrogen-bond acceptors (Lipinski definition) is 4. The van der Waals surface area contributed by atoms with E-state index in [4.69, 9.17) is 5.73 Å². The highest BCUT2D eigenvalue weighted by molar-refractivity contribution is 9.10. The second kappa shape index (κ2) is 6.68. The SMILES string of the molecule is CCC1C(=O)NC(=O)CN1C(c1ccccc1Br)C(C)N. The monoisotopic (exact) mass is 353 g/mol. The number of carbonyl (C=O) groups excluding carboxylic acids is 2. The van der Waals surface area contributed by atoms with Gasteiger partial charge in [-0.15, -0.1) is 0 Å². The Balaban J connectivity index is 2.43. The number of hydrogen-bond donors (Lipinski definition) is 2. The molecule has 1 aliphatic rings. The van der Waals surface area contributed by atoms with E-state index in [0.717, 1.165) is 10.0 Å². The molecule has 0 saturated carbocycles. The molecule has 1 aromatic carbocycles. The predicted octanol–water partition coefficient (Wildman–Crippen LogP) is 1.57. The molecule has 0 bridgehead atoms. The molecule has 1 aliphatic heterocycles. The summed E-state index contributed by atoms with van der Waals surface area (Å²) in [7, 11) is 0. The Morgan fingerprint density at radius 2 is 2.10 bits per heavy atom. The van der Waals surface area contributed by atoms with Crippen LogP contribution in [0.1, 0.15) is 31.9 Å². The van der Waals surface area contributed by atoms with Gasteiger partial charge in [-0.2, -0.15) is 0 Å². The van der Waals surface area contributed by atoms with Crippen molar-refractivity contribution in [1.82, 2.24) is 10.2 Å². The molecule has 0 radical (unpaired) electrons. The number of carbonyl (C=O) groups is 2. The normalized spacial score (nSPS) is 22.8. The van der Waals surface area contributed by atoms with Crippen molar-refractivity contribution in [3.05, 3.63) is 34.3 Å². The molecule has 1 heterocycles. The van der Waals surface area contributed by atoms with Crippen LogP contribution in [0.3, 0.4) is 0 Å². The van der Waals surface area contributed by atoms with Crippen molar-refractivity contribution in [2.45, 2.75) is 38.4 Å². The van der Waals surface area contributed by atoms with E-state index >= 15 is 0 Å². The first-order valence-corrected chi connectivity index (χ1v) is 7.84. The summed E-state index contributed by atoms with van der Waals surface area (Å²) in [6.07, 6.45) is 0.632. The van der Waals surface area contributed by atoms with Gasteiger partial charge in [-0.1, -0.05) is 41.1 Å². The summed E-state index contributed by atoms with van der Waals surface area (Å²) in [4.78, 5) is 25.7. The largest absolute Gasteiger partial charge is 0.326 e. The number of nitrogens with two attached hydrogens (primary N) is 1. The second-order valence-electron chi connectivity index (χ2n) is 5.33.